The van der Waals surface area contributed by atoms with Gasteiger partial charge in [-0.3, -0.25) is 0 Å². The summed E-state index contributed by atoms with van der Waals surface area (Å²) >= 11 is 1.74. The van der Waals surface area contributed by atoms with Crippen molar-refractivity contribution in [2.45, 2.75) is 26.7 Å². The maximum atomic E-state index is 4.42. The Kier molecular flexibility index (Phi) is 3.98. The molecule has 0 spiro atoms. The number of nitrogens with zero attached hydrogens (tertiary/aromatic N) is 2. The van der Waals surface area contributed by atoms with Gasteiger partial charge in [-0.2, -0.15) is 0 Å². The predicted octanol–water partition coefficient (Wildman–Crippen LogP) is 3.03. The summed E-state index contributed by atoms with van der Waals surface area (Å²) < 4.78 is 0. The van der Waals surface area contributed by atoms with Crippen LogP contribution in [0.5, 0.6) is 0 Å². The first-order chi connectivity index (χ1) is 9.75. The van der Waals surface area contributed by atoms with E-state index in [2.05, 4.69) is 40.5 Å². The van der Waals surface area contributed by atoms with Gasteiger partial charge in [-0.25, -0.2) is 9.97 Å². The van der Waals surface area contributed by atoms with Crippen molar-refractivity contribution >= 4 is 27.4 Å². The van der Waals surface area contributed by atoms with Crippen molar-refractivity contribution in [1.82, 2.24) is 15.3 Å². The normalized spacial score (nSPS) is 15.4. The van der Waals surface area contributed by atoms with Gasteiger partial charge >= 0.3 is 0 Å². The molecule has 0 radical (unpaired) electrons. The smallest absolute Gasteiger partial charge is 0.138 e. The standard InChI is InChI=1S/C15H20N4S/c1-10-11(2)20-15-13(10)14(18-9-19-15)17-8-5-12-3-6-16-7-4-12/h3,9,16H,4-8H2,1-2H3,(H,17,18,19). The Morgan fingerprint density at radius 3 is 3.05 bits per heavy atom. The van der Waals surface area contributed by atoms with Gasteiger partial charge < -0.3 is 10.6 Å². The van der Waals surface area contributed by atoms with Crippen LogP contribution in [0.15, 0.2) is 18.0 Å². The number of hydrogen-bond acceptors (Lipinski definition) is 5. The number of fused-ring (bicyclic) bond motifs is 1. The van der Waals surface area contributed by atoms with Crippen LogP contribution >= 0.6 is 11.3 Å². The number of anilines is 1. The second-order valence-electron chi connectivity index (χ2n) is 5.18. The van der Waals surface area contributed by atoms with Gasteiger partial charge in [-0.15, -0.1) is 11.3 Å². The molecule has 0 amide bonds. The van der Waals surface area contributed by atoms with E-state index in [1.807, 2.05) is 0 Å². The lowest BCUT2D eigenvalue weighted by atomic mass is 10.1. The summed E-state index contributed by atoms with van der Waals surface area (Å²) in [5.41, 5.74) is 2.84. The second kappa shape index (κ2) is 5.89. The molecule has 0 fully saturated rings. The molecule has 2 aromatic rings. The van der Waals surface area contributed by atoms with Crippen molar-refractivity contribution in [3.05, 3.63) is 28.4 Å². The summed E-state index contributed by atoms with van der Waals surface area (Å²) in [6.07, 6.45) is 6.22. The highest BCUT2D eigenvalue weighted by Gasteiger charge is 2.11. The quantitative estimate of drug-likeness (QED) is 0.849. The molecule has 106 valence electrons. The van der Waals surface area contributed by atoms with E-state index in [0.717, 1.165) is 43.1 Å². The summed E-state index contributed by atoms with van der Waals surface area (Å²) in [4.78, 5) is 11.2. The van der Waals surface area contributed by atoms with E-state index in [-0.39, 0.29) is 0 Å². The molecule has 2 N–H and O–H groups in total. The Morgan fingerprint density at radius 2 is 2.25 bits per heavy atom. The molecule has 0 aromatic carbocycles. The summed E-state index contributed by atoms with van der Waals surface area (Å²) in [6.45, 7) is 7.35. The molecule has 3 rings (SSSR count). The van der Waals surface area contributed by atoms with Gasteiger partial charge in [0.1, 0.15) is 17.0 Å². The Hall–Kier alpha value is -1.46. The van der Waals surface area contributed by atoms with Crippen LogP contribution in [0, 0.1) is 13.8 Å². The van der Waals surface area contributed by atoms with E-state index in [1.54, 1.807) is 23.2 Å². The van der Waals surface area contributed by atoms with E-state index in [0.29, 0.717) is 0 Å². The largest absolute Gasteiger partial charge is 0.369 e. The van der Waals surface area contributed by atoms with Crippen molar-refractivity contribution in [2.75, 3.05) is 25.0 Å². The lowest BCUT2D eigenvalue weighted by Crippen LogP contribution is -2.21. The first-order valence-corrected chi connectivity index (χ1v) is 7.90. The summed E-state index contributed by atoms with van der Waals surface area (Å²) in [5, 5.41) is 8.01. The lowest BCUT2D eigenvalue weighted by molar-refractivity contribution is 0.683. The molecule has 0 unspecified atom stereocenters. The van der Waals surface area contributed by atoms with Crippen LogP contribution in [-0.4, -0.2) is 29.6 Å². The van der Waals surface area contributed by atoms with Crippen molar-refractivity contribution in [3.8, 4) is 0 Å². The Bertz CT molecular complexity index is 645. The highest BCUT2D eigenvalue weighted by Crippen LogP contribution is 2.32. The second-order valence-corrected chi connectivity index (χ2v) is 6.38. The molecular formula is C15H20N4S. The van der Waals surface area contributed by atoms with Gasteiger partial charge in [0.25, 0.3) is 0 Å². The molecule has 20 heavy (non-hydrogen) atoms. The maximum Gasteiger partial charge on any atom is 0.138 e. The predicted molar refractivity (Wildman–Crippen MR) is 85.6 cm³/mol. The topological polar surface area (TPSA) is 49.8 Å². The molecule has 0 bridgehead atoms. The first-order valence-electron chi connectivity index (χ1n) is 7.09. The van der Waals surface area contributed by atoms with E-state index >= 15 is 0 Å². The highest BCUT2D eigenvalue weighted by atomic mass is 32.1. The van der Waals surface area contributed by atoms with Gasteiger partial charge in [0, 0.05) is 18.0 Å². The number of aromatic nitrogens is 2. The molecule has 3 heterocycles. The Balaban J connectivity index is 1.72. The minimum atomic E-state index is 0.937. The molecule has 1 aliphatic rings. The Labute approximate surface area is 123 Å². The fourth-order valence-electron chi connectivity index (χ4n) is 2.55. The highest BCUT2D eigenvalue weighted by molar-refractivity contribution is 7.18. The molecule has 5 heteroatoms. The zero-order valence-corrected chi connectivity index (χ0v) is 12.8. The maximum absolute atomic E-state index is 4.42. The van der Waals surface area contributed by atoms with Gasteiger partial charge in [0.2, 0.25) is 0 Å². The van der Waals surface area contributed by atoms with Crippen LogP contribution in [0.1, 0.15) is 23.3 Å². The minimum Gasteiger partial charge on any atom is -0.369 e. The third-order valence-electron chi connectivity index (χ3n) is 3.86. The van der Waals surface area contributed by atoms with Crippen LogP contribution in [0.25, 0.3) is 10.2 Å². The average molecular weight is 288 g/mol. The van der Waals surface area contributed by atoms with Crippen molar-refractivity contribution in [1.29, 1.82) is 0 Å². The van der Waals surface area contributed by atoms with Crippen LogP contribution in [0.4, 0.5) is 5.82 Å². The van der Waals surface area contributed by atoms with E-state index in [4.69, 9.17) is 0 Å². The van der Waals surface area contributed by atoms with Crippen LogP contribution in [0.3, 0.4) is 0 Å². The summed E-state index contributed by atoms with van der Waals surface area (Å²) in [6, 6.07) is 0. The number of hydrogen-bond donors (Lipinski definition) is 2. The van der Waals surface area contributed by atoms with Gasteiger partial charge in [0.15, 0.2) is 0 Å². The minimum absolute atomic E-state index is 0.937. The van der Waals surface area contributed by atoms with Gasteiger partial charge in [-0.1, -0.05) is 11.6 Å². The zero-order chi connectivity index (χ0) is 13.9. The molecule has 0 aliphatic carbocycles. The van der Waals surface area contributed by atoms with E-state index in [9.17, 15) is 0 Å². The molecule has 0 atom stereocenters. The van der Waals surface area contributed by atoms with Crippen LogP contribution in [0.2, 0.25) is 0 Å². The molecule has 2 aromatic heterocycles. The monoisotopic (exact) mass is 288 g/mol. The van der Waals surface area contributed by atoms with E-state index in [1.165, 1.54) is 15.8 Å². The molecule has 0 saturated carbocycles. The third-order valence-corrected chi connectivity index (χ3v) is 4.98. The fraction of sp³-hybridized carbons (Fsp3) is 0.467. The van der Waals surface area contributed by atoms with Crippen molar-refractivity contribution in [2.24, 2.45) is 0 Å². The first kappa shape index (κ1) is 13.5. The number of aryl methyl sites for hydroxylation is 2. The lowest BCUT2D eigenvalue weighted by Gasteiger charge is -2.14. The van der Waals surface area contributed by atoms with Gasteiger partial charge in [0.05, 0.1) is 5.39 Å². The van der Waals surface area contributed by atoms with Crippen molar-refractivity contribution < 1.29 is 0 Å². The zero-order valence-electron chi connectivity index (χ0n) is 12.0. The molecule has 1 aliphatic heterocycles. The molecule has 4 nitrogen and oxygen atoms in total. The molecule has 0 saturated heterocycles. The number of nitrogens with one attached hydrogen (secondary N) is 2. The number of thiophene rings is 1. The summed E-state index contributed by atoms with van der Waals surface area (Å²) in [7, 11) is 0. The number of rotatable bonds is 4. The van der Waals surface area contributed by atoms with E-state index < -0.39 is 0 Å². The average Bonchev–Trinajstić information content (AvgIpc) is 2.76. The summed E-state index contributed by atoms with van der Waals surface area (Å²) in [5.74, 6) is 0.978. The fourth-order valence-corrected chi connectivity index (χ4v) is 3.55. The molecular weight excluding hydrogens is 268 g/mol. The van der Waals surface area contributed by atoms with Crippen LogP contribution in [-0.2, 0) is 0 Å². The third kappa shape index (κ3) is 2.69. The van der Waals surface area contributed by atoms with Crippen molar-refractivity contribution in [3.63, 3.8) is 0 Å². The Morgan fingerprint density at radius 1 is 1.35 bits per heavy atom. The van der Waals surface area contributed by atoms with Gasteiger partial charge in [-0.05, 0) is 38.8 Å². The SMILES string of the molecule is Cc1sc2ncnc(NCCC3=CCNCC3)c2c1C. The van der Waals surface area contributed by atoms with Crippen LogP contribution < -0.4 is 10.6 Å².